The molecule has 0 bridgehead atoms. The number of carbonyl (C=O) groups is 1. The van der Waals surface area contributed by atoms with E-state index in [0.29, 0.717) is 17.9 Å². The van der Waals surface area contributed by atoms with E-state index in [1.54, 1.807) is 42.5 Å². The van der Waals surface area contributed by atoms with E-state index in [-0.39, 0.29) is 29.0 Å². The van der Waals surface area contributed by atoms with Crippen molar-refractivity contribution in [1.29, 1.82) is 0 Å². The zero-order valence-electron chi connectivity index (χ0n) is 19.7. The van der Waals surface area contributed by atoms with Gasteiger partial charge in [0.2, 0.25) is 0 Å². The summed E-state index contributed by atoms with van der Waals surface area (Å²) in [6, 6.07) is 20.3. The van der Waals surface area contributed by atoms with Crippen molar-refractivity contribution in [2.75, 3.05) is 0 Å². The summed E-state index contributed by atoms with van der Waals surface area (Å²) in [4.78, 5) is 10.8. The van der Waals surface area contributed by atoms with Gasteiger partial charge >= 0.3 is 12.1 Å². The third-order valence-electron chi connectivity index (χ3n) is 5.66. The number of carboxylic acid groups (broad SMARTS) is 1. The highest BCUT2D eigenvalue weighted by molar-refractivity contribution is 5.72. The van der Waals surface area contributed by atoms with Gasteiger partial charge in [-0.05, 0) is 73.0 Å². The summed E-state index contributed by atoms with van der Waals surface area (Å²) in [5.41, 5.74) is 0.805. The first kappa shape index (κ1) is 25.8. The van der Waals surface area contributed by atoms with Crippen molar-refractivity contribution in [3.8, 4) is 34.1 Å². The van der Waals surface area contributed by atoms with E-state index in [0.717, 1.165) is 29.3 Å². The minimum atomic E-state index is -4.60. The van der Waals surface area contributed by atoms with Crippen LogP contribution in [0.25, 0.3) is 11.1 Å². The average molecular weight is 510 g/mol. The van der Waals surface area contributed by atoms with Crippen LogP contribution < -0.4 is 9.47 Å². The predicted molar refractivity (Wildman–Crippen MR) is 131 cm³/mol. The number of hydrogen-bond acceptors (Lipinski definition) is 3. The van der Waals surface area contributed by atoms with Crippen LogP contribution in [0.4, 0.5) is 17.6 Å². The standard InChI is InChI=1S/C29H22F4O4/c1-18-15-23(12-9-19(18)10-14-28(34)35)36-21-5-4-6-22(17-21)37-27-13-11-20(29(31,32)33)16-25(27)24-7-2-3-8-26(24)30/h2-9,11-13,15-17H,10,14H2,1H3,(H,34,35). The lowest BCUT2D eigenvalue weighted by molar-refractivity contribution is -0.138. The van der Waals surface area contributed by atoms with Gasteiger partial charge in [-0.1, -0.05) is 30.3 Å². The molecule has 0 aromatic heterocycles. The fraction of sp³-hybridized carbons (Fsp3) is 0.138. The summed E-state index contributed by atoms with van der Waals surface area (Å²) in [6.07, 6.45) is -4.17. The molecule has 1 N–H and O–H groups in total. The first-order valence-electron chi connectivity index (χ1n) is 11.3. The van der Waals surface area contributed by atoms with Gasteiger partial charge in [0.05, 0.1) is 5.56 Å². The number of aryl methyl sites for hydroxylation is 2. The topological polar surface area (TPSA) is 55.8 Å². The molecule has 0 radical (unpaired) electrons. The van der Waals surface area contributed by atoms with Crippen LogP contribution in [0.5, 0.6) is 23.0 Å². The molecular formula is C29H22F4O4. The predicted octanol–water partition coefficient (Wildman–Crippen LogP) is 8.42. The van der Waals surface area contributed by atoms with Gasteiger partial charge in [-0.15, -0.1) is 0 Å². The summed E-state index contributed by atoms with van der Waals surface area (Å²) in [7, 11) is 0. The summed E-state index contributed by atoms with van der Waals surface area (Å²) >= 11 is 0. The van der Waals surface area contributed by atoms with E-state index < -0.39 is 23.5 Å². The second-order valence-electron chi connectivity index (χ2n) is 8.35. The summed E-state index contributed by atoms with van der Waals surface area (Å²) in [6.45, 7) is 1.86. The van der Waals surface area contributed by atoms with Crippen LogP contribution in [0.1, 0.15) is 23.1 Å². The molecule has 4 rings (SSSR count). The Labute approximate surface area is 210 Å². The van der Waals surface area contributed by atoms with Crippen molar-refractivity contribution >= 4 is 5.97 Å². The molecule has 4 aromatic rings. The molecule has 0 saturated carbocycles. The van der Waals surface area contributed by atoms with Crippen molar-refractivity contribution in [2.45, 2.75) is 25.9 Å². The van der Waals surface area contributed by atoms with E-state index in [9.17, 15) is 22.4 Å². The fourth-order valence-electron chi connectivity index (χ4n) is 3.80. The molecule has 4 aromatic carbocycles. The van der Waals surface area contributed by atoms with Crippen LogP contribution in [0, 0.1) is 12.7 Å². The van der Waals surface area contributed by atoms with Gasteiger partial charge in [0, 0.05) is 23.6 Å². The van der Waals surface area contributed by atoms with Gasteiger partial charge in [-0.3, -0.25) is 4.79 Å². The smallest absolute Gasteiger partial charge is 0.416 e. The Kier molecular flexibility index (Phi) is 7.47. The van der Waals surface area contributed by atoms with Crippen LogP contribution in [0.2, 0.25) is 0 Å². The van der Waals surface area contributed by atoms with Crippen LogP contribution in [-0.2, 0) is 17.4 Å². The van der Waals surface area contributed by atoms with Crippen molar-refractivity contribution < 1.29 is 36.9 Å². The second kappa shape index (κ2) is 10.7. The third kappa shape index (κ3) is 6.46. The molecule has 0 fully saturated rings. The van der Waals surface area contributed by atoms with Gasteiger partial charge in [0.1, 0.15) is 28.8 Å². The summed E-state index contributed by atoms with van der Waals surface area (Å²) in [5.74, 6) is -0.281. The summed E-state index contributed by atoms with van der Waals surface area (Å²) in [5, 5.41) is 8.89. The number of rotatable bonds is 8. The lowest BCUT2D eigenvalue weighted by Crippen LogP contribution is -2.05. The maximum absolute atomic E-state index is 14.5. The number of benzene rings is 4. The normalized spacial score (nSPS) is 11.3. The zero-order chi connectivity index (χ0) is 26.6. The minimum Gasteiger partial charge on any atom is -0.481 e. The maximum Gasteiger partial charge on any atom is 0.416 e. The Hall–Kier alpha value is -4.33. The van der Waals surface area contributed by atoms with E-state index in [2.05, 4.69) is 0 Å². The van der Waals surface area contributed by atoms with Gasteiger partial charge < -0.3 is 14.6 Å². The molecule has 0 amide bonds. The van der Waals surface area contributed by atoms with E-state index in [1.165, 1.54) is 24.3 Å². The monoisotopic (exact) mass is 510 g/mol. The summed E-state index contributed by atoms with van der Waals surface area (Å²) < 4.78 is 66.4. The largest absolute Gasteiger partial charge is 0.481 e. The Morgan fingerprint density at radius 1 is 0.811 bits per heavy atom. The third-order valence-corrected chi connectivity index (χ3v) is 5.66. The highest BCUT2D eigenvalue weighted by Gasteiger charge is 2.31. The van der Waals surface area contributed by atoms with E-state index in [4.69, 9.17) is 14.6 Å². The molecule has 0 aliphatic carbocycles. The highest BCUT2D eigenvalue weighted by atomic mass is 19.4. The Balaban J connectivity index is 1.60. The Bertz CT molecular complexity index is 1430. The molecule has 0 aliphatic heterocycles. The van der Waals surface area contributed by atoms with Crippen LogP contribution in [0.15, 0.2) is 84.9 Å². The van der Waals surface area contributed by atoms with Crippen molar-refractivity contribution in [3.63, 3.8) is 0 Å². The van der Waals surface area contributed by atoms with E-state index >= 15 is 0 Å². The first-order chi connectivity index (χ1) is 17.6. The Morgan fingerprint density at radius 2 is 1.51 bits per heavy atom. The highest BCUT2D eigenvalue weighted by Crippen LogP contribution is 2.40. The van der Waals surface area contributed by atoms with Gasteiger partial charge in [0.15, 0.2) is 0 Å². The molecule has 0 saturated heterocycles. The molecule has 4 nitrogen and oxygen atoms in total. The van der Waals surface area contributed by atoms with Crippen molar-refractivity contribution in [1.82, 2.24) is 0 Å². The lowest BCUT2D eigenvalue weighted by Gasteiger charge is -2.16. The zero-order valence-corrected chi connectivity index (χ0v) is 19.7. The number of ether oxygens (including phenoxy) is 2. The molecule has 0 unspecified atom stereocenters. The molecule has 0 aliphatic rings. The molecule has 0 heterocycles. The quantitative estimate of drug-likeness (QED) is 0.242. The number of halogens is 4. The van der Waals surface area contributed by atoms with Crippen LogP contribution in [0.3, 0.4) is 0 Å². The Morgan fingerprint density at radius 3 is 2.19 bits per heavy atom. The molecule has 8 heteroatoms. The SMILES string of the molecule is Cc1cc(Oc2cccc(Oc3ccc(C(F)(F)F)cc3-c3ccccc3F)c2)ccc1CCC(=O)O. The molecule has 190 valence electrons. The number of alkyl halides is 3. The number of carboxylic acids is 1. The molecule has 0 atom stereocenters. The minimum absolute atomic E-state index is 0.0190. The average Bonchev–Trinajstić information content (AvgIpc) is 2.84. The van der Waals surface area contributed by atoms with Gasteiger partial charge in [-0.25, -0.2) is 4.39 Å². The van der Waals surface area contributed by atoms with Crippen molar-refractivity contribution in [3.05, 3.63) is 107 Å². The maximum atomic E-state index is 14.5. The van der Waals surface area contributed by atoms with Crippen LogP contribution >= 0.6 is 0 Å². The number of hydrogen-bond donors (Lipinski definition) is 1. The molecule has 37 heavy (non-hydrogen) atoms. The van der Waals surface area contributed by atoms with E-state index in [1.807, 2.05) is 6.92 Å². The van der Waals surface area contributed by atoms with Crippen molar-refractivity contribution in [2.24, 2.45) is 0 Å². The van der Waals surface area contributed by atoms with Gasteiger partial charge in [0.25, 0.3) is 0 Å². The lowest BCUT2D eigenvalue weighted by atomic mass is 10.0. The number of aliphatic carboxylic acids is 1. The molecular weight excluding hydrogens is 488 g/mol. The molecule has 0 spiro atoms. The second-order valence-corrected chi connectivity index (χ2v) is 8.35. The van der Waals surface area contributed by atoms with Gasteiger partial charge in [-0.2, -0.15) is 13.2 Å². The first-order valence-corrected chi connectivity index (χ1v) is 11.3. The fourth-order valence-corrected chi connectivity index (χ4v) is 3.80. The van der Waals surface area contributed by atoms with Crippen LogP contribution in [-0.4, -0.2) is 11.1 Å².